The topological polar surface area (TPSA) is 45.2 Å². The number of carbonyl (C=O) groups is 1. The maximum atomic E-state index is 12.5. The Hall–Kier alpha value is -1.86. The fourth-order valence-electron chi connectivity index (χ4n) is 1.60. The Morgan fingerprint density at radius 2 is 2.17 bits per heavy atom. The fraction of sp³-hybridized carbons (Fsp3) is 0.400. The van der Waals surface area contributed by atoms with E-state index in [0.29, 0.717) is 4.90 Å². The van der Waals surface area contributed by atoms with E-state index in [2.05, 4.69) is 10.3 Å². The Morgan fingerprint density at radius 3 is 2.61 bits per heavy atom. The molecule has 1 aliphatic rings. The van der Waals surface area contributed by atoms with Crippen molar-refractivity contribution in [3.63, 3.8) is 0 Å². The van der Waals surface area contributed by atoms with E-state index < -0.39 is 24.1 Å². The van der Waals surface area contributed by atoms with Crippen LogP contribution in [0.15, 0.2) is 18.3 Å². The lowest BCUT2D eigenvalue weighted by molar-refractivity contribution is -0.198. The van der Waals surface area contributed by atoms with Crippen molar-refractivity contribution in [3.8, 4) is 0 Å². The van der Waals surface area contributed by atoms with Gasteiger partial charge >= 0.3 is 12.2 Å². The average molecular weight is 263 g/mol. The minimum atomic E-state index is -4.42. The molecule has 2 heterocycles. The predicted molar refractivity (Wildman–Crippen MR) is 54.4 cm³/mol. The highest BCUT2D eigenvalue weighted by Crippen LogP contribution is 2.33. The number of rotatable bonds is 1. The first-order valence-corrected chi connectivity index (χ1v) is 5.14. The summed E-state index contributed by atoms with van der Waals surface area (Å²) in [4.78, 5) is 15.7. The minimum Gasteiger partial charge on any atom is -0.312 e. The summed E-state index contributed by atoms with van der Waals surface area (Å²) in [6.07, 6.45) is -3.66. The summed E-state index contributed by atoms with van der Waals surface area (Å²) < 4.78 is 49.8. The number of pyridine rings is 1. The summed E-state index contributed by atoms with van der Waals surface area (Å²) in [5.74, 6) is -0.584. The van der Waals surface area contributed by atoms with Crippen LogP contribution in [0.25, 0.3) is 0 Å². The molecule has 0 spiro atoms. The number of halogens is 4. The van der Waals surface area contributed by atoms with E-state index in [1.165, 1.54) is 6.07 Å². The van der Waals surface area contributed by atoms with Gasteiger partial charge in [0.2, 0.25) is 0 Å². The van der Waals surface area contributed by atoms with Gasteiger partial charge in [-0.2, -0.15) is 13.2 Å². The third kappa shape index (κ3) is 2.52. The number of aromatic nitrogens is 1. The Morgan fingerprint density at radius 1 is 1.44 bits per heavy atom. The largest absolute Gasteiger partial charge is 0.408 e. The molecular formula is C10H9F4N3O. The maximum Gasteiger partial charge on any atom is 0.408 e. The number of amides is 2. The van der Waals surface area contributed by atoms with Crippen LogP contribution in [0.5, 0.6) is 0 Å². The number of urea groups is 1. The summed E-state index contributed by atoms with van der Waals surface area (Å²) in [5, 5.41) is 2.18. The van der Waals surface area contributed by atoms with Gasteiger partial charge in [-0.05, 0) is 18.6 Å². The summed E-state index contributed by atoms with van der Waals surface area (Å²) in [6, 6.07) is -0.407. The molecule has 0 aromatic carbocycles. The summed E-state index contributed by atoms with van der Waals surface area (Å²) in [7, 11) is 0. The number of hydrogen-bond donors (Lipinski definition) is 1. The fourth-order valence-corrected chi connectivity index (χ4v) is 1.60. The predicted octanol–water partition coefficient (Wildman–Crippen LogP) is 2.39. The Labute approximate surface area is 99.6 Å². The molecule has 1 N–H and O–H groups in total. The first-order chi connectivity index (χ1) is 8.38. The van der Waals surface area contributed by atoms with Gasteiger partial charge in [-0.25, -0.2) is 14.2 Å². The van der Waals surface area contributed by atoms with Crippen molar-refractivity contribution in [2.24, 2.45) is 0 Å². The first kappa shape index (κ1) is 12.6. The van der Waals surface area contributed by atoms with Crippen LogP contribution in [0.2, 0.25) is 0 Å². The van der Waals surface area contributed by atoms with Crippen LogP contribution < -0.4 is 5.32 Å². The molecule has 2 rings (SSSR count). The zero-order valence-corrected chi connectivity index (χ0v) is 9.04. The summed E-state index contributed by atoms with van der Waals surface area (Å²) in [6.45, 7) is 0.0389. The van der Waals surface area contributed by atoms with Gasteiger partial charge in [0.15, 0.2) is 0 Å². The molecule has 0 saturated carbocycles. The number of nitrogens with one attached hydrogen (secondary N) is 1. The van der Waals surface area contributed by atoms with Gasteiger partial charge in [0.1, 0.15) is 17.7 Å². The zero-order valence-electron chi connectivity index (χ0n) is 9.04. The highest BCUT2D eigenvalue weighted by Gasteiger charge is 2.50. The van der Waals surface area contributed by atoms with Gasteiger partial charge in [-0.3, -0.25) is 5.32 Å². The average Bonchev–Trinajstić information content (AvgIpc) is 2.17. The molecule has 1 aromatic heterocycles. The normalized spacial score (nSPS) is 19.3. The van der Waals surface area contributed by atoms with Crippen LogP contribution in [-0.2, 0) is 0 Å². The van der Waals surface area contributed by atoms with E-state index in [-0.39, 0.29) is 18.8 Å². The van der Waals surface area contributed by atoms with E-state index >= 15 is 0 Å². The van der Waals surface area contributed by atoms with Gasteiger partial charge in [0, 0.05) is 6.54 Å². The van der Waals surface area contributed by atoms with E-state index in [1.54, 1.807) is 0 Å². The molecule has 1 atom stereocenters. The number of carbonyl (C=O) groups excluding carboxylic acids is 1. The molecule has 0 aliphatic carbocycles. The molecule has 0 bridgehead atoms. The zero-order chi connectivity index (χ0) is 13.3. The Balaban J connectivity index is 1.99. The summed E-state index contributed by atoms with van der Waals surface area (Å²) in [5.41, 5.74) is 0. The van der Waals surface area contributed by atoms with Gasteiger partial charge in [-0.1, -0.05) is 0 Å². The van der Waals surface area contributed by atoms with Crippen molar-refractivity contribution >= 4 is 11.8 Å². The second-order valence-corrected chi connectivity index (χ2v) is 3.83. The van der Waals surface area contributed by atoms with E-state index in [4.69, 9.17) is 0 Å². The molecular weight excluding hydrogens is 254 g/mol. The molecule has 2 amide bonds. The van der Waals surface area contributed by atoms with Crippen LogP contribution in [0, 0.1) is 5.82 Å². The minimum absolute atomic E-state index is 0.00854. The third-order valence-corrected chi connectivity index (χ3v) is 2.62. The Kier molecular flexibility index (Phi) is 3.10. The number of hydrogen-bond acceptors (Lipinski definition) is 2. The molecule has 18 heavy (non-hydrogen) atoms. The van der Waals surface area contributed by atoms with Crippen LogP contribution in [0.1, 0.15) is 6.42 Å². The van der Waals surface area contributed by atoms with Gasteiger partial charge in [-0.15, -0.1) is 0 Å². The third-order valence-electron chi connectivity index (χ3n) is 2.62. The van der Waals surface area contributed by atoms with Crippen molar-refractivity contribution in [2.45, 2.75) is 18.6 Å². The van der Waals surface area contributed by atoms with Crippen LogP contribution in [0.3, 0.4) is 0 Å². The second kappa shape index (κ2) is 4.43. The molecule has 1 fully saturated rings. The monoisotopic (exact) mass is 263 g/mol. The molecule has 0 radical (unpaired) electrons. The van der Waals surface area contributed by atoms with Crippen LogP contribution >= 0.6 is 0 Å². The van der Waals surface area contributed by atoms with E-state index in [9.17, 15) is 22.4 Å². The summed E-state index contributed by atoms with van der Waals surface area (Å²) >= 11 is 0. The second-order valence-electron chi connectivity index (χ2n) is 3.83. The molecule has 1 aliphatic heterocycles. The van der Waals surface area contributed by atoms with Crippen LogP contribution in [-0.4, -0.2) is 34.7 Å². The lowest BCUT2D eigenvalue weighted by Crippen LogP contribution is -2.59. The van der Waals surface area contributed by atoms with Crippen molar-refractivity contribution in [1.82, 2.24) is 9.88 Å². The van der Waals surface area contributed by atoms with Crippen LogP contribution in [0.4, 0.5) is 28.2 Å². The van der Waals surface area contributed by atoms with Crippen molar-refractivity contribution in [2.75, 3.05) is 11.9 Å². The van der Waals surface area contributed by atoms with E-state index in [0.717, 1.165) is 12.3 Å². The van der Waals surface area contributed by atoms with Crippen molar-refractivity contribution < 1.29 is 22.4 Å². The molecule has 1 aromatic rings. The van der Waals surface area contributed by atoms with Crippen molar-refractivity contribution in [1.29, 1.82) is 0 Å². The quantitative estimate of drug-likeness (QED) is 0.791. The van der Waals surface area contributed by atoms with E-state index in [1.807, 2.05) is 0 Å². The van der Waals surface area contributed by atoms with Crippen molar-refractivity contribution in [3.05, 3.63) is 24.1 Å². The van der Waals surface area contributed by atoms with Gasteiger partial charge in [0.05, 0.1) is 6.20 Å². The standard InChI is InChI=1S/C10H9F4N3O/c11-6-1-2-8(15-5-6)16-9(18)17-4-3-7(17)10(12,13)14/h1-2,5,7H,3-4H2,(H,15,16,18). The smallest absolute Gasteiger partial charge is 0.312 e. The molecule has 1 unspecified atom stereocenters. The molecule has 98 valence electrons. The maximum absolute atomic E-state index is 12.5. The lowest BCUT2D eigenvalue weighted by atomic mass is 10.0. The molecule has 8 heteroatoms. The number of anilines is 1. The number of alkyl halides is 3. The number of likely N-dealkylation sites (tertiary alicyclic amines) is 1. The first-order valence-electron chi connectivity index (χ1n) is 5.14. The molecule has 1 saturated heterocycles. The highest BCUT2D eigenvalue weighted by molar-refractivity contribution is 5.89. The number of nitrogens with zero attached hydrogens (tertiary/aromatic N) is 2. The van der Waals surface area contributed by atoms with Gasteiger partial charge < -0.3 is 4.90 Å². The SMILES string of the molecule is O=C(Nc1ccc(F)cn1)N1CCC1C(F)(F)F. The van der Waals surface area contributed by atoms with Gasteiger partial charge in [0.25, 0.3) is 0 Å². The lowest BCUT2D eigenvalue weighted by Gasteiger charge is -2.41. The molecule has 4 nitrogen and oxygen atoms in total. The Bertz CT molecular complexity index is 445. The highest BCUT2D eigenvalue weighted by atomic mass is 19.4.